The molecule has 0 saturated heterocycles. The Kier molecular flexibility index (Phi) is 6.95. The van der Waals surface area contributed by atoms with Gasteiger partial charge in [0.1, 0.15) is 0 Å². The lowest BCUT2D eigenvalue weighted by atomic mass is 10.2. The van der Waals surface area contributed by atoms with Crippen LogP contribution >= 0.6 is 58.3 Å². The molecule has 3 aromatic rings. The second-order valence-corrected chi connectivity index (χ2v) is 8.59. The van der Waals surface area contributed by atoms with Gasteiger partial charge >= 0.3 is 0 Å². The fourth-order valence-corrected chi connectivity index (χ4v) is 4.17. The molecule has 0 atom stereocenters. The van der Waals surface area contributed by atoms with Crippen LogP contribution < -0.4 is 5.56 Å². The van der Waals surface area contributed by atoms with E-state index in [0.717, 1.165) is 16.2 Å². The molecule has 0 aliphatic rings. The molecule has 0 unspecified atom stereocenters. The van der Waals surface area contributed by atoms with Gasteiger partial charge in [-0.05, 0) is 42.0 Å². The minimum Gasteiger partial charge on any atom is -0.301 e. The Morgan fingerprint density at radius 3 is 2.38 bits per heavy atom. The van der Waals surface area contributed by atoms with Crippen LogP contribution in [0.3, 0.4) is 0 Å². The van der Waals surface area contributed by atoms with Crippen molar-refractivity contribution in [2.24, 2.45) is 0 Å². The molecule has 3 nitrogen and oxygen atoms in total. The lowest BCUT2D eigenvalue weighted by Crippen LogP contribution is -2.09. The summed E-state index contributed by atoms with van der Waals surface area (Å²) in [5.74, 6) is 1.24. The predicted octanol–water partition coefficient (Wildman–Crippen LogP) is 6.31. The third kappa shape index (κ3) is 5.69. The molecule has 0 radical (unpaired) electrons. The molecule has 0 aliphatic heterocycles. The molecule has 0 fully saturated rings. The number of hydrogen-bond acceptors (Lipinski definition) is 4. The molecule has 1 aromatic heterocycles. The summed E-state index contributed by atoms with van der Waals surface area (Å²) in [6.45, 7) is 0. The Bertz CT molecular complexity index is 961. The Morgan fingerprint density at radius 2 is 1.65 bits per heavy atom. The van der Waals surface area contributed by atoms with Gasteiger partial charge in [-0.15, -0.1) is 11.8 Å². The molecule has 3 rings (SSSR count). The van der Waals surface area contributed by atoms with E-state index in [1.54, 1.807) is 17.8 Å². The average Bonchev–Trinajstić information content (AvgIpc) is 2.62. The number of rotatable bonds is 6. The van der Waals surface area contributed by atoms with E-state index in [-0.39, 0.29) is 5.56 Å². The van der Waals surface area contributed by atoms with Gasteiger partial charge in [0.15, 0.2) is 5.16 Å². The molecule has 0 bridgehead atoms. The molecule has 2 aromatic carbocycles. The van der Waals surface area contributed by atoms with Crippen molar-refractivity contribution >= 4 is 58.3 Å². The SMILES string of the molecule is O=c1cc(CSc2ccc(Cl)cc2)nc(SCc2ccc(Cl)c(Cl)c2)[nH]1. The van der Waals surface area contributed by atoms with Gasteiger partial charge in [0.25, 0.3) is 5.56 Å². The molecular weight excluding hydrogens is 431 g/mol. The average molecular weight is 444 g/mol. The smallest absolute Gasteiger partial charge is 0.251 e. The summed E-state index contributed by atoms with van der Waals surface area (Å²) in [5.41, 5.74) is 1.57. The van der Waals surface area contributed by atoms with E-state index in [1.165, 1.54) is 17.8 Å². The van der Waals surface area contributed by atoms with Gasteiger partial charge in [-0.25, -0.2) is 4.98 Å². The van der Waals surface area contributed by atoms with E-state index in [2.05, 4.69) is 9.97 Å². The molecule has 0 aliphatic carbocycles. The van der Waals surface area contributed by atoms with Crippen molar-refractivity contribution in [3.05, 3.63) is 85.2 Å². The van der Waals surface area contributed by atoms with Gasteiger partial charge in [0.2, 0.25) is 0 Å². The molecule has 134 valence electrons. The van der Waals surface area contributed by atoms with Crippen LogP contribution in [0.5, 0.6) is 0 Å². The number of nitrogens with zero attached hydrogens (tertiary/aromatic N) is 1. The number of hydrogen-bond donors (Lipinski definition) is 1. The first-order chi connectivity index (χ1) is 12.5. The van der Waals surface area contributed by atoms with Crippen molar-refractivity contribution in [1.82, 2.24) is 9.97 Å². The van der Waals surface area contributed by atoms with Crippen molar-refractivity contribution in [3.63, 3.8) is 0 Å². The van der Waals surface area contributed by atoms with Gasteiger partial charge in [-0.2, -0.15) is 0 Å². The van der Waals surface area contributed by atoms with E-state index in [4.69, 9.17) is 34.8 Å². The second kappa shape index (κ2) is 9.20. The van der Waals surface area contributed by atoms with Crippen LogP contribution in [0.4, 0.5) is 0 Å². The van der Waals surface area contributed by atoms with E-state index < -0.39 is 0 Å². The standard InChI is InChI=1S/C18H13Cl3N2OS2/c19-12-2-4-14(5-3-12)25-10-13-8-17(24)23-18(22-13)26-9-11-1-6-15(20)16(21)7-11/h1-8H,9-10H2,(H,22,23,24). The normalized spacial score (nSPS) is 10.9. The fourth-order valence-electron chi connectivity index (χ4n) is 2.09. The zero-order valence-corrected chi connectivity index (χ0v) is 17.2. The maximum atomic E-state index is 11.9. The molecule has 0 saturated carbocycles. The fraction of sp³-hybridized carbons (Fsp3) is 0.111. The summed E-state index contributed by atoms with van der Waals surface area (Å²) in [6.07, 6.45) is 0. The predicted molar refractivity (Wildman–Crippen MR) is 112 cm³/mol. The Balaban J connectivity index is 1.65. The van der Waals surface area contributed by atoms with Gasteiger partial charge in [0, 0.05) is 27.5 Å². The minimum atomic E-state index is -0.164. The first kappa shape index (κ1) is 19.6. The highest BCUT2D eigenvalue weighted by molar-refractivity contribution is 7.98. The third-order valence-electron chi connectivity index (χ3n) is 3.33. The maximum Gasteiger partial charge on any atom is 0.251 e. The summed E-state index contributed by atoms with van der Waals surface area (Å²) in [5, 5.41) is 2.31. The molecular formula is C18H13Cl3N2OS2. The highest BCUT2D eigenvalue weighted by Crippen LogP contribution is 2.27. The first-order valence-corrected chi connectivity index (χ1v) is 10.7. The lowest BCUT2D eigenvalue weighted by molar-refractivity contribution is 0.899. The second-order valence-electron chi connectivity index (χ2n) is 5.32. The van der Waals surface area contributed by atoms with Crippen LogP contribution in [0.25, 0.3) is 0 Å². The van der Waals surface area contributed by atoms with Gasteiger partial charge < -0.3 is 4.98 Å². The number of benzene rings is 2. The van der Waals surface area contributed by atoms with E-state index in [0.29, 0.717) is 31.7 Å². The lowest BCUT2D eigenvalue weighted by Gasteiger charge is -2.06. The number of H-pyrrole nitrogens is 1. The topological polar surface area (TPSA) is 45.8 Å². The largest absolute Gasteiger partial charge is 0.301 e. The van der Waals surface area contributed by atoms with E-state index in [9.17, 15) is 4.79 Å². The van der Waals surface area contributed by atoms with Crippen molar-refractivity contribution in [3.8, 4) is 0 Å². The van der Waals surface area contributed by atoms with E-state index >= 15 is 0 Å². The first-order valence-electron chi connectivity index (χ1n) is 7.55. The number of aromatic nitrogens is 2. The Hall–Kier alpha value is -1.11. The monoisotopic (exact) mass is 442 g/mol. The third-order valence-corrected chi connectivity index (χ3v) is 6.31. The van der Waals surface area contributed by atoms with Gasteiger partial charge in [0.05, 0.1) is 15.7 Å². The summed E-state index contributed by atoms with van der Waals surface area (Å²) < 4.78 is 0. The number of aromatic amines is 1. The summed E-state index contributed by atoms with van der Waals surface area (Å²) in [4.78, 5) is 20.3. The number of thioether (sulfide) groups is 2. The van der Waals surface area contributed by atoms with Crippen molar-refractivity contribution in [1.29, 1.82) is 0 Å². The Labute approximate surface area is 174 Å². The molecule has 0 amide bonds. The molecule has 1 heterocycles. The summed E-state index contributed by atoms with van der Waals surface area (Å²) >= 11 is 20.9. The van der Waals surface area contributed by atoms with E-state index in [1.807, 2.05) is 36.4 Å². The maximum absolute atomic E-state index is 11.9. The number of halogens is 3. The molecule has 0 spiro atoms. The molecule has 26 heavy (non-hydrogen) atoms. The summed E-state index contributed by atoms with van der Waals surface area (Å²) in [6, 6.07) is 14.6. The van der Waals surface area contributed by atoms with Crippen molar-refractivity contribution < 1.29 is 0 Å². The van der Waals surface area contributed by atoms with Gasteiger partial charge in [-0.3, -0.25) is 4.79 Å². The van der Waals surface area contributed by atoms with Crippen LogP contribution in [0.1, 0.15) is 11.3 Å². The number of nitrogens with one attached hydrogen (secondary N) is 1. The van der Waals surface area contributed by atoms with Crippen molar-refractivity contribution in [2.45, 2.75) is 21.6 Å². The van der Waals surface area contributed by atoms with Crippen molar-refractivity contribution in [2.75, 3.05) is 0 Å². The quantitative estimate of drug-likeness (QED) is 0.358. The highest BCUT2D eigenvalue weighted by Gasteiger charge is 2.06. The molecule has 8 heteroatoms. The van der Waals surface area contributed by atoms with Gasteiger partial charge in [-0.1, -0.05) is 52.6 Å². The van der Waals surface area contributed by atoms with Crippen LogP contribution in [-0.4, -0.2) is 9.97 Å². The van der Waals surface area contributed by atoms with Crippen LogP contribution in [-0.2, 0) is 11.5 Å². The van der Waals surface area contributed by atoms with Crippen LogP contribution in [0.2, 0.25) is 15.1 Å². The van der Waals surface area contributed by atoms with Crippen LogP contribution in [0.15, 0.2) is 63.4 Å². The summed E-state index contributed by atoms with van der Waals surface area (Å²) in [7, 11) is 0. The van der Waals surface area contributed by atoms with Crippen LogP contribution in [0, 0.1) is 0 Å². The zero-order chi connectivity index (χ0) is 18.5. The zero-order valence-electron chi connectivity index (χ0n) is 13.3. The minimum absolute atomic E-state index is 0.164. The Morgan fingerprint density at radius 1 is 0.885 bits per heavy atom. The molecule has 1 N–H and O–H groups in total. The highest BCUT2D eigenvalue weighted by atomic mass is 35.5.